The first-order valence-electron chi connectivity index (χ1n) is 7.46. The number of piperidine rings is 1. The van der Waals surface area contributed by atoms with E-state index in [1.165, 1.54) is 19.3 Å². The second kappa shape index (κ2) is 22.2. The van der Waals surface area contributed by atoms with Gasteiger partial charge in [0.1, 0.15) is 0 Å². The fourth-order valence-electron chi connectivity index (χ4n) is 2.41. The van der Waals surface area contributed by atoms with E-state index in [0.29, 0.717) is 0 Å². The molecule has 12 heteroatoms. The zero-order chi connectivity index (χ0) is 23.5. The van der Waals surface area contributed by atoms with E-state index in [1.807, 2.05) is 0 Å². The summed E-state index contributed by atoms with van der Waals surface area (Å²) in [5.74, 6) is 0. The molecule has 7 nitrogen and oxygen atoms in total. The first-order chi connectivity index (χ1) is 14.1. The molecule has 158 valence electrons. The third-order valence-corrected chi connectivity index (χ3v) is 5.61. The maximum Gasteiger partial charge on any atom is 0 e. The molecule has 0 aromatic heterocycles. The van der Waals surface area contributed by atoms with Gasteiger partial charge in [-0.05, 0) is 37.1 Å². The van der Waals surface area contributed by atoms with Crippen LogP contribution in [0.1, 0.15) is 30.4 Å². The molecule has 0 radical (unpaired) electrons. The minimum absolute atomic E-state index is 0. The number of halogens is 3. The molecule has 0 spiro atoms. The first-order valence-corrected chi connectivity index (χ1v) is 8.86. The van der Waals surface area contributed by atoms with Crippen LogP contribution in [0.2, 0.25) is 0 Å². The topological polar surface area (TPSA) is 115 Å². The molecule has 0 amide bonds. The fourth-order valence-corrected chi connectivity index (χ4v) is 4.46. The number of benzene rings is 1. The number of alkyl halides is 3. The molecule has 0 aliphatic carbocycles. The smallest absolute Gasteiger partial charge is 0 e. The van der Waals surface area contributed by atoms with Gasteiger partial charge >= 0.3 is 62.7 Å². The average molecular weight is 611 g/mol. The third-order valence-electron chi connectivity index (χ3n) is 3.52. The van der Waals surface area contributed by atoms with E-state index in [-0.39, 0.29) is 21.1 Å². The van der Waals surface area contributed by atoms with Gasteiger partial charge in [-0.15, -0.1) is 0 Å². The van der Waals surface area contributed by atoms with Crippen molar-refractivity contribution in [3.63, 3.8) is 0 Å². The molecule has 2 aliphatic rings. The predicted molar refractivity (Wildman–Crippen MR) is 91.4 cm³/mol. The SMILES string of the molecule is FC(F)(F)c1ccc(C2=N[PH+]2N2CCCCC2)cc1.[C-]#[O+].[C-]#[O+].[C-]#[O+].[C-]#[O+].[C-]#[O+].[W]. The zero-order valence-electron chi connectivity index (χ0n) is 15.3. The van der Waals surface area contributed by atoms with Crippen molar-refractivity contribution >= 4 is 13.7 Å². The van der Waals surface area contributed by atoms with Crippen LogP contribution in [0, 0.1) is 33.3 Å². The summed E-state index contributed by atoms with van der Waals surface area (Å²) in [6.07, 6.45) is -0.556. The first kappa shape index (κ1) is 35.9. The molecule has 1 aromatic rings. The van der Waals surface area contributed by atoms with E-state index >= 15 is 0 Å². The molecule has 30 heavy (non-hydrogen) atoms. The van der Waals surface area contributed by atoms with Crippen molar-refractivity contribution in [2.45, 2.75) is 25.4 Å². The van der Waals surface area contributed by atoms with E-state index in [1.54, 1.807) is 12.1 Å². The molecule has 3 rings (SSSR count). The Bertz CT molecular complexity index is 675. The summed E-state index contributed by atoms with van der Waals surface area (Å²) in [6, 6.07) is 5.38. The Morgan fingerprint density at radius 1 is 0.767 bits per heavy atom. The fraction of sp³-hybridized carbons (Fsp3) is 0.333. The molecule has 1 aromatic carbocycles. The van der Waals surface area contributed by atoms with Crippen molar-refractivity contribution in [3.05, 3.63) is 68.6 Å². The number of hydrogen-bond donors (Lipinski definition) is 0. The average Bonchev–Trinajstić information content (AvgIpc) is 3.62. The molecular weight excluding hydrogens is 596 g/mol. The second-order valence-corrected chi connectivity index (χ2v) is 6.88. The quantitative estimate of drug-likeness (QED) is 0.283. The Morgan fingerprint density at radius 3 is 1.53 bits per heavy atom. The van der Waals surface area contributed by atoms with Crippen LogP contribution in [0.4, 0.5) is 13.2 Å². The number of rotatable bonds is 2. The van der Waals surface area contributed by atoms with Crippen molar-refractivity contribution < 1.29 is 57.5 Å². The maximum absolute atomic E-state index is 12.5. The summed E-state index contributed by atoms with van der Waals surface area (Å²) in [5.41, 5.74) is 1.29. The Hall–Kier alpha value is -1.54. The Morgan fingerprint density at radius 2 is 1.17 bits per heavy atom. The van der Waals surface area contributed by atoms with Gasteiger partial charge in [-0.2, -0.15) is 17.8 Å². The van der Waals surface area contributed by atoms with Gasteiger partial charge in [-0.25, -0.2) is 0 Å². The van der Waals surface area contributed by atoms with Crippen LogP contribution in [-0.4, -0.2) is 23.2 Å². The summed E-state index contributed by atoms with van der Waals surface area (Å²) in [5, 5.41) is 0. The molecule has 1 atom stereocenters. The van der Waals surface area contributed by atoms with Crippen molar-refractivity contribution in [3.8, 4) is 0 Å². The standard InChI is InChI=1S/C13H14F3N2P.5CO.W/c14-13(15,16)11-6-4-10(5-7-11)12-17-19(12)18-8-2-1-3-9-18;5*1-2;/h4-7H,1-3,8-9H2;;;;;;/p+1. The molecule has 1 fully saturated rings. The molecule has 2 heterocycles. The maximum atomic E-state index is 12.5. The summed E-state index contributed by atoms with van der Waals surface area (Å²) in [7, 11) is -0.930. The third kappa shape index (κ3) is 12.9. The normalized spacial score (nSPS) is 15.6. The van der Waals surface area contributed by atoms with Gasteiger partial charge in [0, 0.05) is 39.7 Å². The summed E-state index contributed by atoms with van der Waals surface area (Å²) >= 11 is 0. The number of nitrogens with zero attached hydrogens (tertiary/aromatic N) is 2. The van der Waals surface area contributed by atoms with Gasteiger partial charge in [-0.3, -0.25) is 0 Å². The van der Waals surface area contributed by atoms with Gasteiger partial charge in [0.2, 0.25) is 0 Å². The van der Waals surface area contributed by atoms with Crippen LogP contribution in [0.15, 0.2) is 29.0 Å². The van der Waals surface area contributed by atoms with E-state index < -0.39 is 20.0 Å². The van der Waals surface area contributed by atoms with Crippen molar-refractivity contribution in [1.82, 2.24) is 4.67 Å². The van der Waals surface area contributed by atoms with Crippen LogP contribution in [-0.2, 0) is 50.5 Å². The van der Waals surface area contributed by atoms with Gasteiger partial charge in [0.15, 0.2) is 0 Å². The predicted octanol–water partition coefficient (Wildman–Crippen LogP) is 3.81. The van der Waals surface area contributed by atoms with E-state index in [4.69, 9.17) is 23.3 Å². The van der Waals surface area contributed by atoms with Crippen LogP contribution in [0.5, 0.6) is 0 Å². The van der Waals surface area contributed by atoms with Crippen molar-refractivity contribution in [1.29, 1.82) is 0 Å². The minimum atomic E-state index is -4.26. The largest absolute Gasteiger partial charge is 0 e. The van der Waals surface area contributed by atoms with Crippen LogP contribution in [0.3, 0.4) is 0 Å². The van der Waals surface area contributed by atoms with Crippen molar-refractivity contribution in [2.75, 3.05) is 13.1 Å². The molecule has 1 unspecified atom stereocenters. The Labute approximate surface area is 187 Å². The number of hydrogen-bond acceptors (Lipinski definition) is 2. The molecule has 0 bridgehead atoms. The van der Waals surface area contributed by atoms with Gasteiger partial charge in [0.05, 0.1) is 5.56 Å². The van der Waals surface area contributed by atoms with Gasteiger partial charge in [-0.1, -0.05) is 11.2 Å². The Balaban J connectivity index is -0.000000271. The summed E-state index contributed by atoms with van der Waals surface area (Å²) in [6.45, 7) is 24.7. The molecule has 2 aliphatic heterocycles. The molecule has 0 saturated carbocycles. The van der Waals surface area contributed by atoms with E-state index in [2.05, 4.69) is 42.7 Å². The van der Waals surface area contributed by atoms with E-state index in [0.717, 1.165) is 36.2 Å². The monoisotopic (exact) mass is 611 g/mol. The van der Waals surface area contributed by atoms with Crippen LogP contribution >= 0.6 is 8.22 Å². The summed E-state index contributed by atoms with van der Waals surface area (Å²) < 4.78 is 81.8. The van der Waals surface area contributed by atoms with Crippen LogP contribution < -0.4 is 0 Å². The summed E-state index contributed by atoms with van der Waals surface area (Å²) in [4.78, 5) is 0. The van der Waals surface area contributed by atoms with Gasteiger partial charge < -0.3 is 0 Å². The minimum Gasteiger partial charge on any atom is 0 e. The van der Waals surface area contributed by atoms with E-state index in [9.17, 15) is 13.2 Å². The molecule has 1 saturated heterocycles. The van der Waals surface area contributed by atoms with Crippen LogP contribution in [0.25, 0.3) is 0 Å². The molecular formula is C18H15F3N2O5PW+. The Kier molecular flexibility index (Phi) is 26.5. The second-order valence-electron chi connectivity index (χ2n) is 4.91. The zero-order valence-corrected chi connectivity index (χ0v) is 19.3. The molecule has 0 N–H and O–H groups in total. The van der Waals surface area contributed by atoms with Gasteiger partial charge in [0.25, 0.3) is 13.7 Å². The van der Waals surface area contributed by atoms with Crippen molar-refractivity contribution in [2.24, 2.45) is 4.76 Å².